The molecule has 8 heteroatoms. The monoisotopic (exact) mass is 441 g/mol. The number of fused-ring (bicyclic) bond motifs is 1. The number of nitrogens with zero attached hydrogens (tertiary/aromatic N) is 1. The molecule has 0 saturated heterocycles. The summed E-state index contributed by atoms with van der Waals surface area (Å²) in [7, 11) is 0. The summed E-state index contributed by atoms with van der Waals surface area (Å²) in [4.78, 5) is 29.3. The van der Waals surface area contributed by atoms with E-state index in [2.05, 4.69) is 15.6 Å². The number of nitrogens with one attached hydrogen (secondary N) is 2. The predicted octanol–water partition coefficient (Wildman–Crippen LogP) is 3.86. The van der Waals surface area contributed by atoms with Crippen LogP contribution in [0.5, 0.6) is 5.75 Å². The first-order chi connectivity index (χ1) is 14.4. The number of thiazole rings is 1. The Morgan fingerprint density at radius 1 is 1.13 bits per heavy atom. The van der Waals surface area contributed by atoms with Gasteiger partial charge in [-0.1, -0.05) is 23.7 Å². The van der Waals surface area contributed by atoms with Crippen LogP contribution in [-0.4, -0.2) is 34.5 Å². The lowest BCUT2D eigenvalue weighted by Gasteiger charge is -2.70. The van der Waals surface area contributed by atoms with E-state index in [0.29, 0.717) is 15.8 Å². The summed E-state index contributed by atoms with van der Waals surface area (Å²) in [6, 6.07) is 13.0. The summed E-state index contributed by atoms with van der Waals surface area (Å²) in [5.41, 5.74) is 1.29. The Morgan fingerprint density at radius 2 is 1.87 bits per heavy atom. The summed E-state index contributed by atoms with van der Waals surface area (Å²) in [5, 5.41) is 7.32. The first kappa shape index (κ1) is 19.3. The van der Waals surface area contributed by atoms with Crippen LogP contribution in [0.3, 0.4) is 0 Å². The molecule has 1 heterocycles. The van der Waals surface area contributed by atoms with Gasteiger partial charge in [-0.25, -0.2) is 4.98 Å². The number of benzene rings is 2. The average Bonchev–Trinajstić information content (AvgIpc) is 3.10. The SMILES string of the molecule is Cc1cc(OCC(=O)NC23CC(NC(=O)c4nc5ccccc5s4)(C2)C3)ccc1Cl. The molecule has 6 nitrogen and oxygen atoms in total. The van der Waals surface area contributed by atoms with Gasteiger partial charge in [0, 0.05) is 16.1 Å². The number of aryl methyl sites for hydroxylation is 1. The number of hydrogen-bond donors (Lipinski definition) is 2. The van der Waals surface area contributed by atoms with Crippen molar-refractivity contribution >= 4 is 45.0 Å². The predicted molar refractivity (Wildman–Crippen MR) is 116 cm³/mol. The molecule has 3 aliphatic rings. The van der Waals surface area contributed by atoms with E-state index in [4.69, 9.17) is 16.3 Å². The lowest BCUT2D eigenvalue weighted by molar-refractivity contribution is -0.141. The summed E-state index contributed by atoms with van der Waals surface area (Å²) in [6.07, 6.45) is 2.22. The zero-order valence-corrected chi connectivity index (χ0v) is 17.9. The Balaban J connectivity index is 1.12. The minimum Gasteiger partial charge on any atom is -0.484 e. The van der Waals surface area contributed by atoms with E-state index in [0.717, 1.165) is 35.0 Å². The largest absolute Gasteiger partial charge is 0.484 e. The van der Waals surface area contributed by atoms with E-state index in [1.165, 1.54) is 11.3 Å². The van der Waals surface area contributed by atoms with E-state index in [1.807, 2.05) is 37.3 Å². The highest BCUT2D eigenvalue weighted by Gasteiger charge is 2.69. The Hall–Kier alpha value is -2.64. The molecule has 3 aliphatic carbocycles. The van der Waals surface area contributed by atoms with Crippen molar-refractivity contribution in [1.29, 1.82) is 0 Å². The van der Waals surface area contributed by atoms with Crippen molar-refractivity contribution in [2.24, 2.45) is 0 Å². The Bertz CT molecular complexity index is 1120. The number of carbonyl (C=O) groups excluding carboxylic acids is 2. The molecule has 2 N–H and O–H groups in total. The number of rotatable bonds is 6. The highest BCUT2D eigenvalue weighted by Crippen LogP contribution is 2.60. The number of carbonyl (C=O) groups is 2. The molecule has 0 spiro atoms. The normalized spacial score (nSPS) is 23.9. The number of halogens is 1. The topological polar surface area (TPSA) is 80.3 Å². The van der Waals surface area contributed by atoms with E-state index in [-0.39, 0.29) is 29.5 Å². The van der Waals surface area contributed by atoms with Crippen LogP contribution in [-0.2, 0) is 4.79 Å². The molecule has 3 saturated carbocycles. The molecule has 6 rings (SSSR count). The fraction of sp³-hybridized carbons (Fsp3) is 0.318. The summed E-state index contributed by atoms with van der Waals surface area (Å²) in [6.45, 7) is 1.84. The number of aromatic nitrogens is 1. The van der Waals surface area contributed by atoms with Gasteiger partial charge in [-0.15, -0.1) is 11.3 Å². The standard InChI is InChI=1S/C22H20ClN3O3S/c1-13-8-14(6-7-15(13)23)29-9-18(27)25-21-10-22(11-21,12-21)26-19(28)20-24-16-4-2-3-5-17(16)30-20/h2-8H,9-12H2,1H3,(H,25,27)(H,26,28). The third-order valence-electron chi connectivity index (χ3n) is 5.80. The zero-order valence-electron chi connectivity index (χ0n) is 16.3. The Kier molecular flexibility index (Phi) is 4.48. The van der Waals surface area contributed by atoms with Crippen LogP contribution in [0.1, 0.15) is 34.6 Å². The minimum absolute atomic E-state index is 0.0477. The fourth-order valence-corrected chi connectivity index (χ4v) is 5.48. The van der Waals surface area contributed by atoms with Gasteiger partial charge in [-0.05, 0) is 62.1 Å². The van der Waals surface area contributed by atoms with E-state index in [1.54, 1.807) is 12.1 Å². The van der Waals surface area contributed by atoms with Crippen molar-refractivity contribution in [2.75, 3.05) is 6.61 Å². The maximum absolute atomic E-state index is 12.6. The zero-order chi connectivity index (χ0) is 20.9. The van der Waals surface area contributed by atoms with Crippen LogP contribution in [0.2, 0.25) is 5.02 Å². The number of amides is 2. The Morgan fingerprint density at radius 3 is 2.60 bits per heavy atom. The molecule has 0 radical (unpaired) electrons. The van der Waals surface area contributed by atoms with Gasteiger partial charge in [0.2, 0.25) is 0 Å². The van der Waals surface area contributed by atoms with Gasteiger partial charge < -0.3 is 15.4 Å². The van der Waals surface area contributed by atoms with Crippen LogP contribution in [0.4, 0.5) is 0 Å². The second kappa shape index (κ2) is 6.96. The maximum Gasteiger partial charge on any atom is 0.280 e. The molecule has 154 valence electrons. The van der Waals surface area contributed by atoms with Crippen LogP contribution in [0.15, 0.2) is 42.5 Å². The second-order valence-corrected chi connectivity index (χ2v) is 9.72. The molecular weight excluding hydrogens is 422 g/mol. The van der Waals surface area contributed by atoms with Gasteiger partial charge in [0.25, 0.3) is 11.8 Å². The molecule has 1 aromatic heterocycles. The molecule has 2 amide bonds. The molecule has 30 heavy (non-hydrogen) atoms. The quantitative estimate of drug-likeness (QED) is 0.608. The highest BCUT2D eigenvalue weighted by molar-refractivity contribution is 7.20. The van der Waals surface area contributed by atoms with Crippen molar-refractivity contribution < 1.29 is 14.3 Å². The van der Waals surface area contributed by atoms with E-state index in [9.17, 15) is 9.59 Å². The number of para-hydroxylation sites is 1. The smallest absolute Gasteiger partial charge is 0.280 e. The van der Waals surface area contributed by atoms with Gasteiger partial charge in [-0.3, -0.25) is 9.59 Å². The summed E-state index contributed by atoms with van der Waals surface area (Å²) >= 11 is 7.40. The van der Waals surface area contributed by atoms with Gasteiger partial charge in [0.1, 0.15) is 5.75 Å². The van der Waals surface area contributed by atoms with Crippen molar-refractivity contribution in [3.63, 3.8) is 0 Å². The van der Waals surface area contributed by atoms with Gasteiger partial charge in [-0.2, -0.15) is 0 Å². The average molecular weight is 442 g/mol. The van der Waals surface area contributed by atoms with Crippen LogP contribution in [0.25, 0.3) is 10.2 Å². The number of hydrogen-bond acceptors (Lipinski definition) is 5. The lowest BCUT2D eigenvalue weighted by Crippen LogP contribution is -2.84. The molecule has 0 atom stereocenters. The lowest BCUT2D eigenvalue weighted by atomic mass is 9.44. The highest BCUT2D eigenvalue weighted by atomic mass is 35.5. The molecular formula is C22H20ClN3O3S. The number of ether oxygens (including phenoxy) is 1. The van der Waals surface area contributed by atoms with Crippen molar-refractivity contribution in [3.8, 4) is 5.75 Å². The van der Waals surface area contributed by atoms with Gasteiger partial charge in [0.15, 0.2) is 11.6 Å². The molecule has 2 bridgehead atoms. The first-order valence-electron chi connectivity index (χ1n) is 9.74. The van der Waals surface area contributed by atoms with Crippen LogP contribution in [0, 0.1) is 6.92 Å². The molecule has 2 aromatic carbocycles. The Labute approximate surface area is 182 Å². The van der Waals surface area contributed by atoms with E-state index >= 15 is 0 Å². The maximum atomic E-state index is 12.6. The van der Waals surface area contributed by atoms with Crippen LogP contribution >= 0.6 is 22.9 Å². The first-order valence-corrected chi connectivity index (χ1v) is 10.9. The van der Waals surface area contributed by atoms with Gasteiger partial charge >= 0.3 is 0 Å². The van der Waals surface area contributed by atoms with Crippen LogP contribution < -0.4 is 15.4 Å². The minimum atomic E-state index is -0.226. The van der Waals surface area contributed by atoms with Crippen molar-refractivity contribution in [2.45, 2.75) is 37.3 Å². The molecule has 3 fully saturated rings. The third-order valence-corrected chi connectivity index (χ3v) is 7.26. The molecule has 3 aromatic rings. The third kappa shape index (κ3) is 3.42. The molecule has 0 unspecified atom stereocenters. The fourth-order valence-electron chi connectivity index (χ4n) is 4.50. The second-order valence-electron chi connectivity index (χ2n) is 8.28. The van der Waals surface area contributed by atoms with Gasteiger partial charge in [0.05, 0.1) is 10.2 Å². The van der Waals surface area contributed by atoms with Crippen molar-refractivity contribution in [3.05, 3.63) is 58.1 Å². The summed E-state index contributed by atoms with van der Waals surface area (Å²) in [5.74, 6) is 0.315. The molecule has 0 aliphatic heterocycles. The van der Waals surface area contributed by atoms with E-state index < -0.39 is 0 Å². The summed E-state index contributed by atoms with van der Waals surface area (Å²) < 4.78 is 6.56. The van der Waals surface area contributed by atoms with Crippen molar-refractivity contribution in [1.82, 2.24) is 15.6 Å².